The van der Waals surface area contributed by atoms with Crippen molar-refractivity contribution in [1.82, 2.24) is 4.90 Å². The predicted molar refractivity (Wildman–Crippen MR) is 58.1 cm³/mol. The summed E-state index contributed by atoms with van der Waals surface area (Å²) in [5.41, 5.74) is 0. The van der Waals surface area contributed by atoms with Gasteiger partial charge in [0.05, 0.1) is 0 Å². The maximum Gasteiger partial charge on any atom is 0.524 e. The van der Waals surface area contributed by atoms with E-state index in [1.165, 1.54) is 4.90 Å². The van der Waals surface area contributed by atoms with Crippen LogP contribution in [0.15, 0.2) is 10.3 Å². The molecule has 14 heavy (non-hydrogen) atoms. The Labute approximate surface area is 96.5 Å². The molecule has 0 unspecified atom stereocenters. The van der Waals surface area contributed by atoms with Crippen LogP contribution in [0.4, 0.5) is 0 Å². The van der Waals surface area contributed by atoms with Gasteiger partial charge < -0.3 is 9.42 Å². The minimum atomic E-state index is -4.71. The van der Waals surface area contributed by atoms with Gasteiger partial charge in [0.2, 0.25) is 0 Å². The third-order valence-electron chi connectivity index (χ3n) is 0.982. The van der Waals surface area contributed by atoms with Crippen LogP contribution in [0.25, 0.3) is 0 Å². The fourth-order valence-corrected chi connectivity index (χ4v) is 1.57. The molecule has 0 amide bonds. The Balaban J connectivity index is 4.93. The number of rotatable bonds is 3. The van der Waals surface area contributed by atoms with Crippen LogP contribution < -0.4 is 0 Å². The molecule has 0 aliphatic carbocycles. The van der Waals surface area contributed by atoms with Crippen LogP contribution >= 0.6 is 43.2 Å². The highest BCUT2D eigenvalue weighted by Crippen LogP contribution is 2.41. The maximum atomic E-state index is 10.5. The quantitative estimate of drug-likeness (QED) is 0.354. The first-order valence-corrected chi connectivity index (χ1v) is 5.86. The smallest absolute Gasteiger partial charge is 0.398 e. The van der Waals surface area contributed by atoms with E-state index in [-0.39, 0.29) is 4.99 Å². The van der Waals surface area contributed by atoms with Crippen molar-refractivity contribution >= 4 is 48.2 Å². The molecule has 0 radical (unpaired) electrons. The van der Waals surface area contributed by atoms with E-state index < -0.39 is 18.1 Å². The number of hydrogen-bond acceptors (Lipinski definition) is 3. The highest BCUT2D eigenvalue weighted by Gasteiger charge is 2.23. The Kier molecular flexibility index (Phi) is 5.36. The van der Waals surface area contributed by atoms with Crippen LogP contribution in [0.1, 0.15) is 0 Å². The van der Waals surface area contributed by atoms with E-state index >= 15 is 0 Å². The molecule has 0 spiro atoms. The summed E-state index contributed by atoms with van der Waals surface area (Å²) in [6.45, 7) is 0. The molecule has 0 aromatic carbocycles. The summed E-state index contributed by atoms with van der Waals surface area (Å²) in [6.07, 6.45) is 0. The van der Waals surface area contributed by atoms with Crippen LogP contribution in [0.2, 0.25) is 0 Å². The van der Waals surface area contributed by atoms with Crippen LogP contribution in [0, 0.1) is 0 Å². The Hall–Kier alpha value is 0.160. The summed E-state index contributed by atoms with van der Waals surface area (Å²) in [5, 5.41) is 0. The minimum Gasteiger partial charge on any atom is -0.398 e. The molecule has 0 saturated carbocycles. The molecule has 0 bridgehead atoms. The van der Waals surface area contributed by atoms with E-state index in [2.05, 4.69) is 4.52 Å². The number of thiocarbonyl (C=S) groups is 1. The highest BCUT2D eigenvalue weighted by atomic mass is 35.5. The summed E-state index contributed by atoms with van der Waals surface area (Å²) < 4.78 is 14.3. The third kappa shape index (κ3) is 5.14. The molecule has 9 heteroatoms. The molecule has 0 fully saturated rings. The van der Waals surface area contributed by atoms with E-state index in [1.54, 1.807) is 14.1 Å². The van der Waals surface area contributed by atoms with Gasteiger partial charge in [0, 0.05) is 14.1 Å². The molecule has 0 saturated heterocycles. The molecule has 0 aromatic rings. The van der Waals surface area contributed by atoms with Gasteiger partial charge >= 0.3 is 7.82 Å². The monoisotopic (exact) mass is 279 g/mol. The van der Waals surface area contributed by atoms with Crippen molar-refractivity contribution in [2.75, 3.05) is 14.1 Å². The molecule has 0 aromatic heterocycles. The highest BCUT2D eigenvalue weighted by molar-refractivity contribution is 7.80. The predicted octanol–water partition coefficient (Wildman–Crippen LogP) is 1.63. The topological polar surface area (TPSA) is 70.0 Å². The zero-order valence-corrected chi connectivity index (χ0v) is 10.5. The number of likely N-dealkylation sites (N-methyl/N-ethyl adjacent to an activating group) is 1. The van der Waals surface area contributed by atoms with Gasteiger partial charge in [-0.15, -0.1) is 0 Å². The largest absolute Gasteiger partial charge is 0.524 e. The average molecular weight is 280 g/mol. The fourth-order valence-electron chi connectivity index (χ4n) is 0.476. The summed E-state index contributed by atoms with van der Waals surface area (Å²) in [7, 11) is -1.59. The zero-order valence-electron chi connectivity index (χ0n) is 7.27. The van der Waals surface area contributed by atoms with E-state index in [0.29, 0.717) is 0 Å². The fraction of sp³-hybridized carbons (Fsp3) is 0.400. The Morgan fingerprint density at radius 1 is 1.43 bits per heavy atom. The van der Waals surface area contributed by atoms with Crippen LogP contribution in [0.5, 0.6) is 0 Å². The lowest BCUT2D eigenvalue weighted by Gasteiger charge is -2.17. The lowest BCUT2D eigenvalue weighted by molar-refractivity contribution is 0.249. The zero-order chi connectivity index (χ0) is 11.5. The summed E-state index contributed by atoms with van der Waals surface area (Å²) >= 11 is 15.5. The second kappa shape index (κ2) is 5.30. The Morgan fingerprint density at radius 3 is 2.07 bits per heavy atom. The van der Waals surface area contributed by atoms with Crippen molar-refractivity contribution in [3.05, 3.63) is 10.3 Å². The second-order valence-electron chi connectivity index (χ2n) is 2.37. The van der Waals surface area contributed by atoms with Crippen LogP contribution in [-0.4, -0.2) is 33.8 Å². The number of phosphoric ester groups is 1. The number of halogens is 2. The summed E-state index contributed by atoms with van der Waals surface area (Å²) in [5.74, 6) is -0.415. The maximum absolute atomic E-state index is 10.5. The molecule has 2 N–H and O–H groups in total. The van der Waals surface area contributed by atoms with Gasteiger partial charge in [-0.25, -0.2) is 4.57 Å². The van der Waals surface area contributed by atoms with Crippen molar-refractivity contribution in [2.45, 2.75) is 0 Å². The summed E-state index contributed by atoms with van der Waals surface area (Å²) in [4.78, 5) is 18.4. The van der Waals surface area contributed by atoms with Gasteiger partial charge in [0.1, 0.15) is 4.99 Å². The first kappa shape index (κ1) is 14.2. The molecule has 0 atom stereocenters. The molecule has 82 valence electrons. The molecule has 0 aliphatic heterocycles. The van der Waals surface area contributed by atoms with Crippen molar-refractivity contribution < 1.29 is 18.9 Å². The van der Waals surface area contributed by atoms with E-state index in [4.69, 9.17) is 45.2 Å². The van der Waals surface area contributed by atoms with Crippen molar-refractivity contribution in [1.29, 1.82) is 0 Å². The van der Waals surface area contributed by atoms with Crippen molar-refractivity contribution in [3.8, 4) is 0 Å². The van der Waals surface area contributed by atoms with Gasteiger partial charge in [-0.2, -0.15) is 0 Å². The molecule has 0 rings (SSSR count). The summed E-state index contributed by atoms with van der Waals surface area (Å²) in [6, 6.07) is 0. The van der Waals surface area contributed by atoms with Crippen molar-refractivity contribution in [3.63, 3.8) is 0 Å². The number of hydrogen-bond donors (Lipinski definition) is 2. The van der Waals surface area contributed by atoms with Gasteiger partial charge in [0.25, 0.3) is 0 Å². The second-order valence-corrected chi connectivity index (χ2v) is 4.87. The van der Waals surface area contributed by atoms with Gasteiger partial charge in [-0.3, -0.25) is 9.79 Å². The first-order valence-electron chi connectivity index (χ1n) is 3.17. The van der Waals surface area contributed by atoms with Crippen molar-refractivity contribution in [2.24, 2.45) is 0 Å². The van der Waals surface area contributed by atoms with Crippen LogP contribution in [0.3, 0.4) is 0 Å². The molecule has 0 aliphatic rings. The van der Waals surface area contributed by atoms with Gasteiger partial charge in [-0.1, -0.05) is 35.4 Å². The molecule has 0 heterocycles. The standard InChI is InChI=1S/C5H8Cl2NO4PS/c1-8(2)5(14)3(4(6)7)12-13(9,10)11/h1-2H3,(H2,9,10,11). The molecule has 5 nitrogen and oxygen atoms in total. The molecular formula is C5H8Cl2NO4PS. The SMILES string of the molecule is CN(C)C(=S)C(OP(=O)(O)O)=C(Cl)Cl. The lowest BCUT2D eigenvalue weighted by Crippen LogP contribution is -2.22. The van der Waals surface area contributed by atoms with Crippen LogP contribution in [-0.2, 0) is 9.09 Å². The number of phosphoric acid groups is 1. The van der Waals surface area contributed by atoms with Gasteiger partial charge in [-0.05, 0) is 0 Å². The van der Waals surface area contributed by atoms with Gasteiger partial charge in [0.15, 0.2) is 10.3 Å². The number of nitrogens with zero attached hydrogens (tertiary/aromatic N) is 1. The minimum absolute atomic E-state index is 0.00618. The lowest BCUT2D eigenvalue weighted by atomic mass is 10.5. The first-order chi connectivity index (χ1) is 6.15. The van der Waals surface area contributed by atoms with E-state index in [9.17, 15) is 4.57 Å². The Morgan fingerprint density at radius 2 is 1.86 bits per heavy atom. The Bertz CT molecular complexity index is 309. The molecular weight excluding hydrogens is 272 g/mol. The van der Waals surface area contributed by atoms with E-state index in [1.807, 2.05) is 0 Å². The average Bonchev–Trinajstić information content (AvgIpc) is 1.96. The third-order valence-corrected chi connectivity index (χ3v) is 2.30. The van der Waals surface area contributed by atoms with E-state index in [0.717, 1.165) is 0 Å². The normalized spacial score (nSPS) is 10.7.